The first-order valence-corrected chi connectivity index (χ1v) is 11.4. The van der Waals surface area contributed by atoms with Crippen LogP contribution in [0.2, 0.25) is 10.0 Å². The number of anilines is 1. The molecule has 3 aromatic carbocycles. The van der Waals surface area contributed by atoms with Crippen LogP contribution in [0.1, 0.15) is 12.6 Å². The highest BCUT2D eigenvalue weighted by molar-refractivity contribution is 6.39. The second-order valence-electron chi connectivity index (χ2n) is 7.85. The predicted molar refractivity (Wildman–Crippen MR) is 136 cm³/mol. The zero-order valence-electron chi connectivity index (χ0n) is 18.2. The SMILES string of the molecule is CCn1c2ccccc2c2cc(NC(=O)COc3c(Cl)cc(Cl)c4ccc(C)nc34)ccc21. The number of carbonyl (C=O) groups is 1. The van der Waals surface area contributed by atoms with E-state index in [1.165, 1.54) is 5.52 Å². The molecule has 0 saturated heterocycles. The van der Waals surface area contributed by atoms with E-state index >= 15 is 0 Å². The minimum Gasteiger partial charge on any atom is -0.480 e. The second kappa shape index (κ2) is 8.58. The second-order valence-corrected chi connectivity index (χ2v) is 8.66. The third-order valence-electron chi connectivity index (χ3n) is 5.70. The van der Waals surface area contributed by atoms with Crippen molar-refractivity contribution in [2.45, 2.75) is 20.4 Å². The van der Waals surface area contributed by atoms with E-state index in [2.05, 4.69) is 33.9 Å². The quantitative estimate of drug-likeness (QED) is 0.296. The third-order valence-corrected chi connectivity index (χ3v) is 6.29. The molecule has 5 aromatic rings. The Morgan fingerprint density at radius 1 is 0.970 bits per heavy atom. The molecule has 0 aliphatic carbocycles. The Morgan fingerprint density at radius 2 is 1.76 bits per heavy atom. The van der Waals surface area contributed by atoms with Crippen molar-refractivity contribution in [1.29, 1.82) is 0 Å². The number of aromatic nitrogens is 2. The summed E-state index contributed by atoms with van der Waals surface area (Å²) in [6.07, 6.45) is 0. The van der Waals surface area contributed by atoms with Gasteiger partial charge in [-0.05, 0) is 56.3 Å². The van der Waals surface area contributed by atoms with Crippen LogP contribution < -0.4 is 10.1 Å². The third kappa shape index (κ3) is 3.88. The molecule has 2 aromatic heterocycles. The molecule has 33 heavy (non-hydrogen) atoms. The summed E-state index contributed by atoms with van der Waals surface area (Å²) in [6.45, 7) is 4.66. The van der Waals surface area contributed by atoms with E-state index in [1.54, 1.807) is 6.07 Å². The van der Waals surface area contributed by atoms with Gasteiger partial charge >= 0.3 is 0 Å². The van der Waals surface area contributed by atoms with Crippen molar-refractivity contribution >= 4 is 67.5 Å². The Bertz CT molecular complexity index is 1540. The van der Waals surface area contributed by atoms with Gasteiger partial charge in [-0.2, -0.15) is 0 Å². The van der Waals surface area contributed by atoms with Gasteiger partial charge in [-0.3, -0.25) is 4.79 Å². The summed E-state index contributed by atoms with van der Waals surface area (Å²) in [5, 5.41) is 6.69. The number of nitrogens with one attached hydrogen (secondary N) is 1. The van der Waals surface area contributed by atoms with Gasteiger partial charge in [0.2, 0.25) is 0 Å². The Morgan fingerprint density at radius 3 is 2.58 bits per heavy atom. The molecule has 0 atom stereocenters. The average Bonchev–Trinajstić information content (AvgIpc) is 3.11. The Hall–Kier alpha value is -3.28. The lowest BCUT2D eigenvalue weighted by molar-refractivity contribution is -0.118. The summed E-state index contributed by atoms with van der Waals surface area (Å²) in [7, 11) is 0. The van der Waals surface area contributed by atoms with Gasteiger partial charge in [0.15, 0.2) is 12.4 Å². The zero-order valence-corrected chi connectivity index (χ0v) is 19.7. The van der Waals surface area contributed by atoms with Gasteiger partial charge in [0.05, 0.1) is 10.0 Å². The lowest BCUT2D eigenvalue weighted by atomic mass is 10.1. The van der Waals surface area contributed by atoms with Gasteiger partial charge in [0.1, 0.15) is 5.52 Å². The molecular formula is C26H21Cl2N3O2. The van der Waals surface area contributed by atoms with E-state index in [1.807, 2.05) is 49.4 Å². The van der Waals surface area contributed by atoms with Crippen LogP contribution in [0.4, 0.5) is 5.69 Å². The van der Waals surface area contributed by atoms with E-state index in [0.717, 1.165) is 33.9 Å². The summed E-state index contributed by atoms with van der Waals surface area (Å²) in [5.41, 5.74) is 4.35. The standard InChI is InChI=1S/C26H21Cl2N3O2/c1-3-31-22-7-5-4-6-17(22)19-12-16(9-11-23(19)31)30-24(32)14-33-26-21(28)13-20(27)18-10-8-15(2)29-25(18)26/h4-13H,3,14H2,1-2H3,(H,30,32). The van der Waals surface area contributed by atoms with Crippen LogP contribution in [0.5, 0.6) is 5.75 Å². The number of aryl methyl sites for hydroxylation is 2. The number of carbonyl (C=O) groups excluding carboxylic acids is 1. The van der Waals surface area contributed by atoms with Crippen LogP contribution in [-0.2, 0) is 11.3 Å². The monoisotopic (exact) mass is 477 g/mol. The first-order valence-electron chi connectivity index (χ1n) is 10.6. The summed E-state index contributed by atoms with van der Waals surface area (Å²) < 4.78 is 8.07. The normalized spacial score (nSPS) is 11.4. The highest BCUT2D eigenvalue weighted by Crippen LogP contribution is 2.37. The van der Waals surface area contributed by atoms with Crippen molar-refractivity contribution in [3.63, 3.8) is 0 Å². The Kier molecular flexibility index (Phi) is 5.60. The number of fused-ring (bicyclic) bond motifs is 4. The molecule has 0 saturated carbocycles. The number of nitrogens with zero attached hydrogens (tertiary/aromatic N) is 2. The molecule has 7 heteroatoms. The minimum atomic E-state index is -0.291. The summed E-state index contributed by atoms with van der Waals surface area (Å²) in [5.74, 6) is 0.0526. The van der Waals surface area contributed by atoms with Crippen LogP contribution in [-0.4, -0.2) is 22.1 Å². The molecule has 0 aliphatic rings. The van der Waals surface area contributed by atoms with E-state index < -0.39 is 0 Å². The van der Waals surface area contributed by atoms with Crippen LogP contribution in [0.3, 0.4) is 0 Å². The summed E-state index contributed by atoms with van der Waals surface area (Å²) in [4.78, 5) is 17.2. The number of para-hydroxylation sites is 1. The molecule has 1 N–H and O–H groups in total. The molecule has 1 amide bonds. The van der Waals surface area contributed by atoms with Crippen LogP contribution >= 0.6 is 23.2 Å². The van der Waals surface area contributed by atoms with Gasteiger partial charge in [-0.25, -0.2) is 4.98 Å². The van der Waals surface area contributed by atoms with Gasteiger partial charge < -0.3 is 14.6 Å². The van der Waals surface area contributed by atoms with Crippen molar-refractivity contribution in [2.24, 2.45) is 0 Å². The maximum absolute atomic E-state index is 12.7. The van der Waals surface area contributed by atoms with E-state index in [9.17, 15) is 4.79 Å². The number of amides is 1. The summed E-state index contributed by atoms with van der Waals surface area (Å²) in [6, 6.07) is 19.5. The molecule has 0 unspecified atom stereocenters. The zero-order chi connectivity index (χ0) is 23.1. The molecule has 2 heterocycles. The van der Waals surface area contributed by atoms with Crippen molar-refractivity contribution in [3.05, 3.63) is 76.4 Å². The van der Waals surface area contributed by atoms with E-state index in [-0.39, 0.29) is 12.5 Å². The fraction of sp³-hybridized carbons (Fsp3) is 0.154. The predicted octanol–water partition coefficient (Wildman–Crippen LogP) is 7.00. The van der Waals surface area contributed by atoms with Crippen molar-refractivity contribution in [3.8, 4) is 5.75 Å². The number of rotatable bonds is 5. The maximum atomic E-state index is 12.7. The van der Waals surface area contributed by atoms with Crippen molar-refractivity contribution in [2.75, 3.05) is 11.9 Å². The van der Waals surface area contributed by atoms with Crippen LogP contribution in [0, 0.1) is 6.92 Å². The molecule has 0 fully saturated rings. The molecule has 5 nitrogen and oxygen atoms in total. The van der Waals surface area contributed by atoms with Crippen LogP contribution in [0.15, 0.2) is 60.7 Å². The first-order chi connectivity index (χ1) is 16.0. The largest absolute Gasteiger partial charge is 0.480 e. The number of hydrogen-bond acceptors (Lipinski definition) is 3. The Balaban J connectivity index is 1.40. The minimum absolute atomic E-state index is 0.208. The molecule has 0 bridgehead atoms. The van der Waals surface area contributed by atoms with Gasteiger partial charge in [-0.1, -0.05) is 41.4 Å². The fourth-order valence-corrected chi connectivity index (χ4v) is 4.81. The molecule has 166 valence electrons. The highest BCUT2D eigenvalue weighted by Gasteiger charge is 2.16. The molecule has 0 spiro atoms. The number of pyridine rings is 1. The van der Waals surface area contributed by atoms with E-state index in [4.69, 9.17) is 27.9 Å². The fourth-order valence-electron chi connectivity index (χ4n) is 4.23. The lowest BCUT2D eigenvalue weighted by Crippen LogP contribution is -2.20. The van der Waals surface area contributed by atoms with Crippen LogP contribution in [0.25, 0.3) is 32.7 Å². The van der Waals surface area contributed by atoms with Gasteiger partial charge in [0.25, 0.3) is 5.91 Å². The smallest absolute Gasteiger partial charge is 0.262 e. The number of hydrogen-bond donors (Lipinski definition) is 1. The van der Waals surface area contributed by atoms with Crippen molar-refractivity contribution < 1.29 is 9.53 Å². The molecule has 0 aliphatic heterocycles. The maximum Gasteiger partial charge on any atom is 0.262 e. The van der Waals surface area contributed by atoms with E-state index in [0.29, 0.717) is 27.0 Å². The average molecular weight is 478 g/mol. The van der Waals surface area contributed by atoms with Gasteiger partial charge in [-0.15, -0.1) is 0 Å². The lowest BCUT2D eigenvalue weighted by Gasteiger charge is -2.12. The number of halogens is 2. The first kappa shape index (κ1) is 21.6. The summed E-state index contributed by atoms with van der Waals surface area (Å²) >= 11 is 12.7. The number of ether oxygens (including phenoxy) is 1. The molecular weight excluding hydrogens is 457 g/mol. The highest BCUT2D eigenvalue weighted by atomic mass is 35.5. The van der Waals surface area contributed by atoms with Gasteiger partial charge in [0, 0.05) is 45.1 Å². The number of benzene rings is 3. The topological polar surface area (TPSA) is 56.2 Å². The molecule has 5 rings (SSSR count). The molecule has 0 radical (unpaired) electrons. The Labute approximate surface area is 200 Å². The van der Waals surface area contributed by atoms with Crippen molar-refractivity contribution in [1.82, 2.24) is 9.55 Å².